The van der Waals surface area contributed by atoms with Gasteiger partial charge in [0.1, 0.15) is 0 Å². The Morgan fingerprint density at radius 3 is 2.60 bits per heavy atom. The maximum atomic E-state index is 10.9. The molecule has 7 heteroatoms. The smallest absolute Gasteiger partial charge is 0.228 e. The third-order valence-electron chi connectivity index (χ3n) is 3.97. The van der Waals surface area contributed by atoms with Crippen molar-refractivity contribution in [3.63, 3.8) is 0 Å². The lowest BCUT2D eigenvalue weighted by molar-refractivity contribution is -0.115. The van der Waals surface area contributed by atoms with Crippen molar-refractivity contribution in [2.75, 3.05) is 23.7 Å². The van der Waals surface area contributed by atoms with Gasteiger partial charge in [0.2, 0.25) is 11.9 Å². The first-order valence-electron chi connectivity index (χ1n) is 7.26. The van der Waals surface area contributed by atoms with E-state index < -0.39 is 0 Å². The zero-order valence-electron chi connectivity index (χ0n) is 11.8. The van der Waals surface area contributed by atoms with E-state index in [1.807, 2.05) is 0 Å². The van der Waals surface area contributed by atoms with Crippen molar-refractivity contribution < 1.29 is 4.79 Å². The van der Waals surface area contributed by atoms with Crippen LogP contribution in [-0.4, -0.2) is 39.5 Å². The first-order chi connectivity index (χ1) is 9.65. The van der Waals surface area contributed by atoms with Gasteiger partial charge in [0.15, 0.2) is 5.16 Å². The summed E-state index contributed by atoms with van der Waals surface area (Å²) in [5, 5.41) is 9.47. The van der Waals surface area contributed by atoms with Crippen LogP contribution < -0.4 is 10.6 Å². The number of rotatable bonds is 5. The number of thioether (sulfide) groups is 1. The van der Waals surface area contributed by atoms with E-state index >= 15 is 0 Å². The molecule has 0 aromatic carbocycles. The molecule has 2 heterocycles. The second-order valence-electron chi connectivity index (χ2n) is 5.81. The fraction of sp³-hybridized carbons (Fsp3) is 0.769. The van der Waals surface area contributed by atoms with Crippen LogP contribution >= 0.6 is 11.8 Å². The van der Waals surface area contributed by atoms with Gasteiger partial charge in [-0.1, -0.05) is 18.7 Å². The molecule has 0 unspecified atom stereocenters. The van der Waals surface area contributed by atoms with E-state index in [2.05, 4.69) is 26.6 Å². The predicted molar refractivity (Wildman–Crippen MR) is 78.8 cm³/mol. The third kappa shape index (κ3) is 2.92. The molecule has 1 aromatic rings. The number of anilines is 1. The van der Waals surface area contributed by atoms with Gasteiger partial charge in [0.05, 0.1) is 5.75 Å². The Morgan fingerprint density at radius 1 is 1.30 bits per heavy atom. The molecule has 110 valence electrons. The number of hydrogen-bond donors (Lipinski definition) is 1. The number of carbonyl (C=O) groups excluding carboxylic acids is 1. The van der Waals surface area contributed by atoms with Crippen LogP contribution in [0.2, 0.25) is 0 Å². The zero-order valence-corrected chi connectivity index (χ0v) is 12.6. The van der Waals surface area contributed by atoms with E-state index in [9.17, 15) is 4.79 Å². The summed E-state index contributed by atoms with van der Waals surface area (Å²) < 4.78 is 2.21. The Hall–Kier alpha value is -1.24. The third-order valence-corrected chi connectivity index (χ3v) is 4.93. The van der Waals surface area contributed by atoms with Crippen LogP contribution in [0.25, 0.3) is 0 Å². The summed E-state index contributed by atoms with van der Waals surface area (Å²) in [6.45, 7) is 4.40. The summed E-state index contributed by atoms with van der Waals surface area (Å²) in [5.41, 5.74) is 5.22. The van der Waals surface area contributed by atoms with Gasteiger partial charge in [-0.05, 0) is 31.6 Å². The number of primary amides is 1. The highest BCUT2D eigenvalue weighted by Gasteiger charge is 2.32. The molecule has 2 fully saturated rings. The number of amides is 1. The molecule has 3 rings (SSSR count). The van der Waals surface area contributed by atoms with Crippen molar-refractivity contribution >= 4 is 23.6 Å². The van der Waals surface area contributed by atoms with Crippen molar-refractivity contribution in [3.8, 4) is 0 Å². The highest BCUT2D eigenvalue weighted by Crippen LogP contribution is 2.41. The van der Waals surface area contributed by atoms with Crippen LogP contribution in [-0.2, 0) is 4.79 Å². The standard InChI is InChI=1S/C13H21N5OS/c1-9-4-6-17(7-5-9)12-15-16-13(20-8-11(14)19)18(12)10-2-3-10/h9-10H,2-8H2,1H3,(H2,14,19). The number of hydrogen-bond acceptors (Lipinski definition) is 5. The minimum absolute atomic E-state index is 0.266. The monoisotopic (exact) mass is 295 g/mol. The molecule has 1 saturated heterocycles. The molecule has 0 bridgehead atoms. The number of nitrogens with two attached hydrogens (primary N) is 1. The molecule has 1 aromatic heterocycles. The number of carbonyl (C=O) groups is 1. The topological polar surface area (TPSA) is 77.0 Å². The minimum Gasteiger partial charge on any atom is -0.369 e. The quantitative estimate of drug-likeness (QED) is 0.831. The summed E-state index contributed by atoms with van der Waals surface area (Å²) in [7, 11) is 0. The highest BCUT2D eigenvalue weighted by atomic mass is 32.2. The first-order valence-corrected chi connectivity index (χ1v) is 8.24. The Balaban J connectivity index is 1.78. The Labute approximate surface area is 123 Å². The lowest BCUT2D eigenvalue weighted by atomic mass is 10.00. The molecule has 1 saturated carbocycles. The van der Waals surface area contributed by atoms with Crippen LogP contribution in [0.3, 0.4) is 0 Å². The molecule has 6 nitrogen and oxygen atoms in total. The average Bonchev–Trinajstić information content (AvgIpc) is 3.17. The molecule has 1 aliphatic heterocycles. The van der Waals surface area contributed by atoms with Crippen LogP contribution in [0, 0.1) is 5.92 Å². The summed E-state index contributed by atoms with van der Waals surface area (Å²) >= 11 is 1.40. The molecular weight excluding hydrogens is 274 g/mol. The number of aromatic nitrogens is 3. The van der Waals surface area contributed by atoms with E-state index in [1.165, 1.54) is 37.4 Å². The van der Waals surface area contributed by atoms with Crippen molar-refractivity contribution in [2.45, 2.75) is 43.8 Å². The van der Waals surface area contributed by atoms with Gasteiger partial charge in [-0.2, -0.15) is 0 Å². The van der Waals surface area contributed by atoms with E-state index in [0.29, 0.717) is 6.04 Å². The molecule has 0 atom stereocenters. The van der Waals surface area contributed by atoms with Crippen LogP contribution in [0.1, 0.15) is 38.6 Å². The Morgan fingerprint density at radius 2 is 2.00 bits per heavy atom. The largest absolute Gasteiger partial charge is 0.369 e. The van der Waals surface area contributed by atoms with Gasteiger partial charge in [-0.25, -0.2) is 0 Å². The summed E-state index contributed by atoms with van der Waals surface area (Å²) in [6, 6.07) is 0.509. The molecule has 20 heavy (non-hydrogen) atoms. The average molecular weight is 295 g/mol. The summed E-state index contributed by atoms with van der Waals surface area (Å²) in [5.74, 6) is 1.73. The van der Waals surface area contributed by atoms with Crippen LogP contribution in [0.5, 0.6) is 0 Å². The second kappa shape index (κ2) is 5.63. The SMILES string of the molecule is CC1CCN(c2nnc(SCC(N)=O)n2C2CC2)CC1. The molecular formula is C13H21N5OS. The number of nitrogens with zero attached hydrogens (tertiary/aromatic N) is 4. The van der Waals surface area contributed by atoms with Crippen molar-refractivity contribution in [1.29, 1.82) is 0 Å². The molecule has 0 radical (unpaired) electrons. The number of piperidine rings is 1. The fourth-order valence-electron chi connectivity index (χ4n) is 2.58. The first kappa shape index (κ1) is 13.7. The Bertz CT molecular complexity index is 491. The van der Waals surface area contributed by atoms with Gasteiger partial charge >= 0.3 is 0 Å². The fourth-order valence-corrected chi connectivity index (χ4v) is 3.32. The van der Waals surface area contributed by atoms with Crippen LogP contribution in [0.15, 0.2) is 5.16 Å². The molecule has 1 amide bonds. The van der Waals surface area contributed by atoms with Crippen molar-refractivity contribution in [2.24, 2.45) is 11.7 Å². The zero-order chi connectivity index (χ0) is 14.1. The predicted octanol–water partition coefficient (Wildman–Crippen LogP) is 1.43. The summed E-state index contributed by atoms with van der Waals surface area (Å²) in [6.07, 6.45) is 4.78. The molecule has 2 N–H and O–H groups in total. The molecule has 2 aliphatic rings. The van der Waals surface area contributed by atoms with Gasteiger partial charge in [-0.15, -0.1) is 10.2 Å². The van der Waals surface area contributed by atoms with E-state index in [-0.39, 0.29) is 11.7 Å². The minimum atomic E-state index is -0.311. The second-order valence-corrected chi connectivity index (χ2v) is 6.75. The van der Waals surface area contributed by atoms with Gasteiger partial charge in [0, 0.05) is 19.1 Å². The normalized spacial score (nSPS) is 20.4. The van der Waals surface area contributed by atoms with Crippen LogP contribution in [0.4, 0.5) is 5.95 Å². The lowest BCUT2D eigenvalue weighted by Crippen LogP contribution is -2.34. The van der Waals surface area contributed by atoms with Crippen molar-refractivity contribution in [3.05, 3.63) is 0 Å². The van der Waals surface area contributed by atoms with Crippen molar-refractivity contribution in [1.82, 2.24) is 14.8 Å². The van der Waals surface area contributed by atoms with Gasteiger partial charge in [0.25, 0.3) is 0 Å². The highest BCUT2D eigenvalue weighted by molar-refractivity contribution is 7.99. The van der Waals surface area contributed by atoms with E-state index in [1.54, 1.807) is 0 Å². The maximum Gasteiger partial charge on any atom is 0.228 e. The lowest BCUT2D eigenvalue weighted by Gasteiger charge is -2.31. The Kier molecular flexibility index (Phi) is 3.87. The summed E-state index contributed by atoms with van der Waals surface area (Å²) in [4.78, 5) is 13.3. The molecule has 0 spiro atoms. The van der Waals surface area contributed by atoms with Gasteiger partial charge in [-0.3, -0.25) is 9.36 Å². The van der Waals surface area contributed by atoms with E-state index in [0.717, 1.165) is 30.1 Å². The van der Waals surface area contributed by atoms with Gasteiger partial charge < -0.3 is 10.6 Å². The molecule has 1 aliphatic carbocycles. The van der Waals surface area contributed by atoms with E-state index in [4.69, 9.17) is 5.73 Å². The maximum absolute atomic E-state index is 10.9.